The zero-order valence-corrected chi connectivity index (χ0v) is 11.3. The number of aromatic nitrogens is 2. The topological polar surface area (TPSA) is 78.0 Å². The van der Waals surface area contributed by atoms with Gasteiger partial charge < -0.3 is 0 Å². The quantitative estimate of drug-likeness (QED) is 0.550. The van der Waals surface area contributed by atoms with E-state index in [1.807, 2.05) is 0 Å². The molecule has 3 rings (SSSR count). The molecule has 7 heteroatoms. The van der Waals surface area contributed by atoms with Gasteiger partial charge in [0.15, 0.2) is 0 Å². The van der Waals surface area contributed by atoms with E-state index in [9.17, 15) is 19.3 Å². The third-order valence-electron chi connectivity index (χ3n) is 3.28. The number of hydrogen-bond acceptors (Lipinski definition) is 4. The fourth-order valence-corrected chi connectivity index (χ4v) is 2.16. The summed E-state index contributed by atoms with van der Waals surface area (Å²) in [4.78, 5) is 26.8. The van der Waals surface area contributed by atoms with Gasteiger partial charge in [-0.2, -0.15) is 0 Å². The summed E-state index contributed by atoms with van der Waals surface area (Å²) in [6, 6.07) is 9.71. The van der Waals surface area contributed by atoms with Crippen LogP contribution in [0.25, 0.3) is 10.9 Å². The minimum Gasteiger partial charge on any atom is -0.294 e. The Kier molecular flexibility index (Phi) is 3.38. The lowest BCUT2D eigenvalue weighted by Crippen LogP contribution is -2.21. The fourth-order valence-electron chi connectivity index (χ4n) is 2.16. The molecule has 22 heavy (non-hydrogen) atoms. The number of rotatable bonds is 3. The van der Waals surface area contributed by atoms with Gasteiger partial charge in [0.1, 0.15) is 5.82 Å². The fraction of sp³-hybridized carbons (Fsp3) is 0.0667. The molecule has 0 radical (unpaired) electrons. The molecule has 0 N–H and O–H groups in total. The number of non-ortho nitro benzene ring substituents is 1. The van der Waals surface area contributed by atoms with Gasteiger partial charge in [-0.05, 0) is 23.8 Å². The van der Waals surface area contributed by atoms with Gasteiger partial charge >= 0.3 is 0 Å². The molecule has 0 bridgehead atoms. The molecular weight excluding hydrogens is 289 g/mol. The Balaban J connectivity index is 2.07. The Morgan fingerprint density at radius 1 is 1.18 bits per heavy atom. The van der Waals surface area contributed by atoms with E-state index in [0.717, 1.165) is 5.56 Å². The third-order valence-corrected chi connectivity index (χ3v) is 3.28. The molecule has 0 saturated carbocycles. The zero-order chi connectivity index (χ0) is 15.7. The summed E-state index contributed by atoms with van der Waals surface area (Å²) in [6.07, 6.45) is 1.37. The van der Waals surface area contributed by atoms with Gasteiger partial charge in [0.2, 0.25) is 0 Å². The van der Waals surface area contributed by atoms with Crippen LogP contribution in [-0.2, 0) is 6.54 Å². The van der Waals surface area contributed by atoms with Crippen molar-refractivity contribution >= 4 is 16.6 Å². The largest absolute Gasteiger partial charge is 0.294 e. The number of fused-ring (bicyclic) bond motifs is 1. The van der Waals surface area contributed by atoms with Crippen molar-refractivity contribution in [2.75, 3.05) is 0 Å². The smallest absolute Gasteiger partial charge is 0.270 e. The monoisotopic (exact) mass is 299 g/mol. The first-order chi connectivity index (χ1) is 10.5. The summed E-state index contributed by atoms with van der Waals surface area (Å²) in [5.74, 6) is -0.358. The molecule has 1 aromatic heterocycles. The first-order valence-corrected chi connectivity index (χ1v) is 6.42. The van der Waals surface area contributed by atoms with E-state index < -0.39 is 4.92 Å². The second-order valence-electron chi connectivity index (χ2n) is 4.76. The predicted octanol–water partition coefficient (Wildman–Crippen LogP) is 2.49. The maximum absolute atomic E-state index is 12.9. The standard InChI is InChI=1S/C15H10FN3O3/c16-11-3-1-10(2-4-11)8-18-9-17-14-6-5-12(19(21)22)7-13(14)15(18)20/h1-7,9H,8H2. The number of halogens is 1. The molecule has 110 valence electrons. The van der Waals surface area contributed by atoms with Gasteiger partial charge in [0.05, 0.1) is 28.7 Å². The van der Waals surface area contributed by atoms with E-state index in [0.29, 0.717) is 5.52 Å². The summed E-state index contributed by atoms with van der Waals surface area (Å²) >= 11 is 0. The molecule has 3 aromatic rings. The highest BCUT2D eigenvalue weighted by Gasteiger charge is 2.11. The first-order valence-electron chi connectivity index (χ1n) is 6.42. The van der Waals surface area contributed by atoms with Gasteiger partial charge in [-0.3, -0.25) is 19.5 Å². The summed E-state index contributed by atoms with van der Waals surface area (Å²) in [6.45, 7) is 0.213. The van der Waals surface area contributed by atoms with Crippen molar-refractivity contribution in [2.24, 2.45) is 0 Å². The molecular formula is C15H10FN3O3. The van der Waals surface area contributed by atoms with E-state index >= 15 is 0 Å². The Morgan fingerprint density at radius 3 is 2.59 bits per heavy atom. The molecule has 2 aromatic carbocycles. The van der Waals surface area contributed by atoms with Crippen LogP contribution < -0.4 is 5.56 Å². The third kappa shape index (κ3) is 2.56. The van der Waals surface area contributed by atoms with E-state index in [2.05, 4.69) is 4.98 Å². The maximum atomic E-state index is 12.9. The van der Waals surface area contributed by atoms with Crippen molar-refractivity contribution in [3.63, 3.8) is 0 Å². The average molecular weight is 299 g/mol. The van der Waals surface area contributed by atoms with Crippen LogP contribution in [0, 0.1) is 15.9 Å². The summed E-state index contributed by atoms with van der Waals surface area (Å²) in [7, 11) is 0. The van der Waals surface area contributed by atoms with Crippen molar-refractivity contribution in [1.82, 2.24) is 9.55 Å². The minimum atomic E-state index is -0.559. The van der Waals surface area contributed by atoms with E-state index in [1.54, 1.807) is 12.1 Å². The summed E-state index contributed by atoms with van der Waals surface area (Å²) < 4.78 is 14.2. The van der Waals surface area contributed by atoms with Crippen LogP contribution in [0.2, 0.25) is 0 Å². The summed E-state index contributed by atoms with van der Waals surface area (Å²) in [5, 5.41) is 11.0. The SMILES string of the molecule is O=c1c2cc([N+](=O)[O-])ccc2ncn1Cc1ccc(F)cc1. The Bertz CT molecular complexity index is 919. The summed E-state index contributed by atoms with van der Waals surface area (Å²) in [5.41, 5.74) is 0.588. The Hall–Kier alpha value is -3.09. The second-order valence-corrected chi connectivity index (χ2v) is 4.76. The highest BCUT2D eigenvalue weighted by atomic mass is 19.1. The van der Waals surface area contributed by atoms with E-state index in [4.69, 9.17) is 0 Å². The van der Waals surface area contributed by atoms with E-state index in [1.165, 1.54) is 41.2 Å². The van der Waals surface area contributed by atoms with Crippen LogP contribution in [-0.4, -0.2) is 14.5 Å². The molecule has 6 nitrogen and oxygen atoms in total. The Morgan fingerprint density at radius 2 is 1.91 bits per heavy atom. The van der Waals surface area contributed by atoms with Gasteiger partial charge in [-0.25, -0.2) is 9.37 Å². The predicted molar refractivity (Wildman–Crippen MR) is 78.2 cm³/mol. The lowest BCUT2D eigenvalue weighted by Gasteiger charge is -2.06. The highest BCUT2D eigenvalue weighted by molar-refractivity contribution is 5.79. The molecule has 0 atom stereocenters. The van der Waals surface area contributed by atoms with Gasteiger partial charge in [-0.15, -0.1) is 0 Å². The lowest BCUT2D eigenvalue weighted by atomic mass is 10.2. The van der Waals surface area contributed by atoms with Crippen LogP contribution in [0.3, 0.4) is 0 Å². The molecule has 0 unspecified atom stereocenters. The van der Waals surface area contributed by atoms with Gasteiger partial charge in [0, 0.05) is 12.1 Å². The molecule has 0 fully saturated rings. The molecule has 0 amide bonds. The number of nitro groups is 1. The van der Waals surface area contributed by atoms with Crippen molar-refractivity contribution in [3.05, 3.63) is 80.6 Å². The number of benzene rings is 2. The normalized spacial score (nSPS) is 10.8. The van der Waals surface area contributed by atoms with Gasteiger partial charge in [0.25, 0.3) is 11.2 Å². The molecule has 0 aliphatic rings. The second kappa shape index (κ2) is 5.36. The van der Waals surface area contributed by atoms with Crippen molar-refractivity contribution < 1.29 is 9.31 Å². The van der Waals surface area contributed by atoms with Crippen LogP contribution in [0.1, 0.15) is 5.56 Å². The van der Waals surface area contributed by atoms with Crippen molar-refractivity contribution in [2.45, 2.75) is 6.54 Å². The van der Waals surface area contributed by atoms with Crippen LogP contribution in [0.5, 0.6) is 0 Å². The Labute approximate surface area is 123 Å². The minimum absolute atomic E-state index is 0.161. The molecule has 1 heterocycles. The van der Waals surface area contributed by atoms with Crippen molar-refractivity contribution in [1.29, 1.82) is 0 Å². The highest BCUT2D eigenvalue weighted by Crippen LogP contribution is 2.16. The lowest BCUT2D eigenvalue weighted by molar-refractivity contribution is -0.384. The van der Waals surface area contributed by atoms with Gasteiger partial charge in [-0.1, -0.05) is 12.1 Å². The molecule has 0 saturated heterocycles. The zero-order valence-electron chi connectivity index (χ0n) is 11.3. The maximum Gasteiger partial charge on any atom is 0.270 e. The molecule has 0 spiro atoms. The van der Waals surface area contributed by atoms with Crippen LogP contribution >= 0.6 is 0 Å². The molecule has 0 aliphatic heterocycles. The number of nitro benzene ring substituents is 1. The van der Waals surface area contributed by atoms with Crippen LogP contribution in [0.4, 0.5) is 10.1 Å². The number of nitrogens with zero attached hydrogens (tertiary/aromatic N) is 3. The number of hydrogen-bond donors (Lipinski definition) is 0. The molecule has 0 aliphatic carbocycles. The van der Waals surface area contributed by atoms with Crippen LogP contribution in [0.15, 0.2) is 53.6 Å². The van der Waals surface area contributed by atoms with E-state index in [-0.39, 0.29) is 29.0 Å². The average Bonchev–Trinajstić information content (AvgIpc) is 2.52. The van der Waals surface area contributed by atoms with Crippen molar-refractivity contribution in [3.8, 4) is 0 Å². The first kappa shape index (κ1) is 13.9.